The van der Waals surface area contributed by atoms with Crippen LogP contribution in [0.1, 0.15) is 33.6 Å². The highest BCUT2D eigenvalue weighted by molar-refractivity contribution is 6.07. The summed E-state index contributed by atoms with van der Waals surface area (Å²) in [7, 11) is 0. The van der Waals surface area contributed by atoms with E-state index in [1.54, 1.807) is 4.90 Å². The Balaban J connectivity index is 2.68. The second-order valence-corrected chi connectivity index (χ2v) is 4.50. The van der Waals surface area contributed by atoms with Crippen molar-refractivity contribution in [3.63, 3.8) is 0 Å². The van der Waals surface area contributed by atoms with Gasteiger partial charge in [-0.05, 0) is 33.6 Å². The third-order valence-corrected chi connectivity index (χ3v) is 3.26. The predicted molar refractivity (Wildman–Crippen MR) is 65.0 cm³/mol. The van der Waals surface area contributed by atoms with Gasteiger partial charge in [0.25, 0.3) is 5.91 Å². The minimum atomic E-state index is -1.16. The first-order valence-corrected chi connectivity index (χ1v) is 5.87. The molecule has 0 spiro atoms. The smallest absolute Gasteiger partial charge is 0.331 e. The number of nitrogens with one attached hydrogen (secondary N) is 1. The standard InChI is InChI=1S/C12H18N2O4/c1-7-5-4-6-14(7)12(18)13-10(15)8(2)9(3)11(16)17/h7H,4-6H2,1-3H3,(H,16,17)(H,13,15,18). The summed E-state index contributed by atoms with van der Waals surface area (Å²) < 4.78 is 0. The van der Waals surface area contributed by atoms with E-state index in [9.17, 15) is 14.4 Å². The normalized spacial score (nSPS) is 20.4. The van der Waals surface area contributed by atoms with Gasteiger partial charge in [0.2, 0.25) is 0 Å². The van der Waals surface area contributed by atoms with Gasteiger partial charge in [-0.3, -0.25) is 10.1 Å². The van der Waals surface area contributed by atoms with Gasteiger partial charge in [-0.25, -0.2) is 9.59 Å². The van der Waals surface area contributed by atoms with Crippen molar-refractivity contribution in [1.29, 1.82) is 0 Å². The zero-order chi connectivity index (χ0) is 13.9. The molecule has 0 aliphatic carbocycles. The van der Waals surface area contributed by atoms with E-state index < -0.39 is 17.9 Å². The van der Waals surface area contributed by atoms with Crippen LogP contribution >= 0.6 is 0 Å². The maximum absolute atomic E-state index is 11.8. The molecular formula is C12H18N2O4. The minimum Gasteiger partial charge on any atom is -0.478 e. The van der Waals surface area contributed by atoms with Crippen molar-refractivity contribution in [3.8, 4) is 0 Å². The van der Waals surface area contributed by atoms with Gasteiger partial charge >= 0.3 is 12.0 Å². The topological polar surface area (TPSA) is 86.7 Å². The number of hydrogen-bond acceptors (Lipinski definition) is 3. The summed E-state index contributed by atoms with van der Waals surface area (Å²) in [5.74, 6) is -1.82. The van der Waals surface area contributed by atoms with Crippen molar-refractivity contribution in [3.05, 3.63) is 11.1 Å². The number of amides is 3. The minimum absolute atomic E-state index is 0.0442. The third kappa shape index (κ3) is 3.09. The van der Waals surface area contributed by atoms with E-state index in [0.717, 1.165) is 12.8 Å². The van der Waals surface area contributed by atoms with Gasteiger partial charge in [0.05, 0.1) is 0 Å². The Morgan fingerprint density at radius 3 is 2.28 bits per heavy atom. The van der Waals surface area contributed by atoms with Crippen molar-refractivity contribution < 1.29 is 19.5 Å². The fourth-order valence-electron chi connectivity index (χ4n) is 1.83. The van der Waals surface area contributed by atoms with Gasteiger partial charge in [0.15, 0.2) is 0 Å². The van der Waals surface area contributed by atoms with Gasteiger partial charge in [-0.1, -0.05) is 0 Å². The number of nitrogens with zero attached hydrogens (tertiary/aromatic N) is 1. The first kappa shape index (κ1) is 14.2. The van der Waals surface area contributed by atoms with Crippen molar-refractivity contribution in [2.75, 3.05) is 6.54 Å². The first-order chi connectivity index (χ1) is 8.34. The van der Waals surface area contributed by atoms with E-state index >= 15 is 0 Å². The number of urea groups is 1. The molecule has 18 heavy (non-hydrogen) atoms. The van der Waals surface area contributed by atoms with E-state index in [4.69, 9.17) is 5.11 Å². The predicted octanol–water partition coefficient (Wildman–Crippen LogP) is 1.13. The van der Waals surface area contributed by atoms with E-state index in [2.05, 4.69) is 5.32 Å². The maximum Gasteiger partial charge on any atom is 0.331 e. The zero-order valence-corrected chi connectivity index (χ0v) is 10.8. The molecule has 1 rings (SSSR count). The van der Waals surface area contributed by atoms with Crippen LogP contribution in [0.3, 0.4) is 0 Å². The number of carboxylic acid groups (broad SMARTS) is 1. The summed E-state index contributed by atoms with van der Waals surface area (Å²) in [6, 6.07) is -0.342. The highest BCUT2D eigenvalue weighted by Gasteiger charge is 2.26. The Hall–Kier alpha value is -1.85. The van der Waals surface area contributed by atoms with Crippen molar-refractivity contribution in [2.24, 2.45) is 0 Å². The average Bonchev–Trinajstić information content (AvgIpc) is 2.73. The van der Waals surface area contributed by atoms with Crippen LogP contribution in [0.15, 0.2) is 11.1 Å². The van der Waals surface area contributed by atoms with Crippen LogP contribution in [0.4, 0.5) is 4.79 Å². The Morgan fingerprint density at radius 2 is 1.83 bits per heavy atom. The van der Waals surface area contributed by atoms with Gasteiger partial charge in [-0.15, -0.1) is 0 Å². The van der Waals surface area contributed by atoms with Crippen LogP contribution in [0.5, 0.6) is 0 Å². The second kappa shape index (κ2) is 5.66. The number of carboxylic acids is 1. The first-order valence-electron chi connectivity index (χ1n) is 5.87. The Bertz CT molecular complexity index is 414. The summed E-state index contributed by atoms with van der Waals surface area (Å²) in [4.78, 5) is 35.8. The largest absolute Gasteiger partial charge is 0.478 e. The fraction of sp³-hybridized carbons (Fsp3) is 0.583. The summed E-state index contributed by atoms with van der Waals surface area (Å²) in [6.07, 6.45) is 1.84. The maximum atomic E-state index is 11.8. The van der Waals surface area contributed by atoms with Gasteiger partial charge in [0.1, 0.15) is 0 Å². The molecule has 1 fully saturated rings. The third-order valence-electron chi connectivity index (χ3n) is 3.26. The molecular weight excluding hydrogens is 236 g/mol. The summed E-state index contributed by atoms with van der Waals surface area (Å²) >= 11 is 0. The van der Waals surface area contributed by atoms with Gasteiger partial charge < -0.3 is 10.0 Å². The summed E-state index contributed by atoms with van der Waals surface area (Å²) in [6.45, 7) is 5.27. The Kier molecular flexibility index (Phi) is 4.47. The zero-order valence-electron chi connectivity index (χ0n) is 10.8. The van der Waals surface area contributed by atoms with Crippen molar-refractivity contribution >= 4 is 17.9 Å². The molecule has 1 aliphatic heterocycles. The number of hydrogen-bond donors (Lipinski definition) is 2. The molecule has 2 N–H and O–H groups in total. The number of imide groups is 1. The van der Waals surface area contributed by atoms with Gasteiger partial charge in [-0.2, -0.15) is 0 Å². The molecule has 0 radical (unpaired) electrons. The van der Waals surface area contributed by atoms with Gasteiger partial charge in [0, 0.05) is 23.7 Å². The monoisotopic (exact) mass is 254 g/mol. The molecule has 1 saturated heterocycles. The van der Waals surface area contributed by atoms with Crippen LogP contribution in [0, 0.1) is 0 Å². The molecule has 100 valence electrons. The summed E-state index contributed by atoms with van der Waals surface area (Å²) in [5.41, 5.74) is -0.0162. The van der Waals surface area contributed by atoms with Crippen LogP contribution in [0.2, 0.25) is 0 Å². The molecule has 1 aliphatic rings. The lowest BCUT2D eigenvalue weighted by molar-refractivity contribution is -0.133. The molecule has 1 unspecified atom stereocenters. The quantitative estimate of drug-likeness (QED) is 0.723. The number of rotatable bonds is 2. The molecule has 0 aromatic heterocycles. The van der Waals surface area contributed by atoms with Crippen molar-refractivity contribution in [1.82, 2.24) is 10.2 Å². The second-order valence-electron chi connectivity index (χ2n) is 4.50. The molecule has 6 heteroatoms. The molecule has 0 aromatic carbocycles. The molecule has 0 aromatic rings. The van der Waals surface area contributed by atoms with E-state index in [-0.39, 0.29) is 17.2 Å². The van der Waals surface area contributed by atoms with E-state index in [0.29, 0.717) is 6.54 Å². The lowest BCUT2D eigenvalue weighted by atomic mass is 10.1. The van der Waals surface area contributed by atoms with Crippen LogP contribution in [-0.4, -0.2) is 40.5 Å². The van der Waals surface area contributed by atoms with Crippen LogP contribution in [0.25, 0.3) is 0 Å². The van der Waals surface area contributed by atoms with Crippen molar-refractivity contribution in [2.45, 2.75) is 39.7 Å². The Labute approximate surface area is 106 Å². The molecule has 1 atom stereocenters. The highest BCUT2D eigenvalue weighted by atomic mass is 16.4. The van der Waals surface area contributed by atoms with Crippen LogP contribution in [-0.2, 0) is 9.59 Å². The lowest BCUT2D eigenvalue weighted by Crippen LogP contribution is -2.44. The molecule has 3 amide bonds. The average molecular weight is 254 g/mol. The molecule has 0 bridgehead atoms. The number of carbonyl (C=O) groups excluding carboxylic acids is 2. The highest BCUT2D eigenvalue weighted by Crippen LogP contribution is 2.16. The lowest BCUT2D eigenvalue weighted by Gasteiger charge is -2.21. The van der Waals surface area contributed by atoms with E-state index in [1.807, 2.05) is 6.92 Å². The number of carbonyl (C=O) groups is 3. The van der Waals surface area contributed by atoms with Crippen LogP contribution < -0.4 is 5.32 Å². The molecule has 6 nitrogen and oxygen atoms in total. The van der Waals surface area contributed by atoms with E-state index in [1.165, 1.54) is 13.8 Å². The molecule has 1 heterocycles. The SMILES string of the molecule is CC(C(=O)O)=C(C)C(=O)NC(=O)N1CCCC1C. The Morgan fingerprint density at radius 1 is 1.22 bits per heavy atom. The molecule has 0 saturated carbocycles. The summed E-state index contributed by atoms with van der Waals surface area (Å²) in [5, 5.41) is 11.0. The number of likely N-dealkylation sites (tertiary alicyclic amines) is 1. The number of aliphatic carboxylic acids is 1. The fourth-order valence-corrected chi connectivity index (χ4v) is 1.83.